The Bertz CT molecular complexity index is 1350. The molecule has 1 amide bonds. The van der Waals surface area contributed by atoms with Crippen LogP contribution in [-0.4, -0.2) is 35.2 Å². The van der Waals surface area contributed by atoms with E-state index in [0.29, 0.717) is 0 Å². The molecular formula is C32H35NOS2. The van der Waals surface area contributed by atoms with Gasteiger partial charge in [0.05, 0.1) is 0 Å². The predicted molar refractivity (Wildman–Crippen MR) is 162 cm³/mol. The molecule has 1 heterocycles. The lowest BCUT2D eigenvalue weighted by molar-refractivity contribution is 0.0851. The molecule has 186 valence electrons. The number of benzene rings is 3. The molecule has 0 saturated carbocycles. The van der Waals surface area contributed by atoms with Crippen LogP contribution in [0, 0.1) is 13.8 Å². The van der Waals surface area contributed by atoms with Crippen LogP contribution < -0.4 is 0 Å². The molecule has 2 aliphatic rings. The number of carbonyl (C=O) groups is 1. The molecule has 0 spiro atoms. The smallest absolute Gasteiger partial charge is 0.258 e. The van der Waals surface area contributed by atoms with Crippen LogP contribution in [0.15, 0.2) is 89.2 Å². The molecule has 1 aliphatic heterocycles. The van der Waals surface area contributed by atoms with E-state index in [0.717, 1.165) is 35.5 Å². The third-order valence-corrected chi connectivity index (χ3v) is 8.74. The van der Waals surface area contributed by atoms with Crippen molar-refractivity contribution < 1.29 is 4.79 Å². The fraction of sp³-hybridized carbons (Fsp3) is 0.250. The third-order valence-electron chi connectivity index (χ3n) is 6.58. The first-order chi connectivity index (χ1) is 17.4. The number of fused-ring (bicyclic) bond motifs is 2. The molecule has 3 aromatic carbocycles. The molecule has 0 radical (unpaired) electrons. The van der Waals surface area contributed by atoms with Gasteiger partial charge in [0.15, 0.2) is 0 Å². The van der Waals surface area contributed by atoms with E-state index < -0.39 is 0 Å². The summed E-state index contributed by atoms with van der Waals surface area (Å²) in [6, 6.07) is 18.7. The zero-order chi connectivity index (χ0) is 25.7. The second-order valence-electron chi connectivity index (χ2n) is 9.34. The highest BCUT2D eigenvalue weighted by atomic mass is 32.2. The number of aryl methyl sites for hydroxylation is 2. The third kappa shape index (κ3) is 5.93. The Kier molecular flexibility index (Phi) is 8.71. The first-order valence-electron chi connectivity index (χ1n) is 12.4. The molecule has 0 N–H and O–H groups in total. The van der Waals surface area contributed by atoms with Crippen molar-refractivity contribution in [2.24, 2.45) is 0 Å². The Balaban J connectivity index is 0.000000170. The van der Waals surface area contributed by atoms with Crippen molar-refractivity contribution in [3.8, 4) is 0 Å². The second kappa shape index (κ2) is 11.9. The summed E-state index contributed by atoms with van der Waals surface area (Å²) in [5.41, 5.74) is 5.35. The summed E-state index contributed by atoms with van der Waals surface area (Å²) in [5.74, 6) is 5.13. The van der Waals surface area contributed by atoms with Crippen molar-refractivity contribution in [1.29, 1.82) is 0 Å². The van der Waals surface area contributed by atoms with E-state index in [1.165, 1.54) is 44.5 Å². The Labute approximate surface area is 222 Å². The topological polar surface area (TPSA) is 20.3 Å². The van der Waals surface area contributed by atoms with Gasteiger partial charge in [-0.05, 0) is 79.2 Å². The Morgan fingerprint density at radius 3 is 2.36 bits per heavy atom. The van der Waals surface area contributed by atoms with Crippen molar-refractivity contribution in [2.45, 2.75) is 38.0 Å². The van der Waals surface area contributed by atoms with Crippen LogP contribution >= 0.6 is 22.2 Å². The van der Waals surface area contributed by atoms with E-state index in [9.17, 15) is 4.79 Å². The largest absolute Gasteiger partial charge is 0.308 e. The molecule has 0 saturated heterocycles. The molecule has 0 fully saturated rings. The number of carbonyl (C=O) groups excluding carboxylic acids is 1. The monoisotopic (exact) mass is 513 g/mol. The minimum atomic E-state index is 0.0886. The molecule has 1 unspecified atom stereocenters. The second-order valence-corrected chi connectivity index (χ2v) is 12.4. The van der Waals surface area contributed by atoms with Crippen LogP contribution in [-0.2, 0) is 0 Å². The summed E-state index contributed by atoms with van der Waals surface area (Å²) in [6.45, 7) is 9.20. The van der Waals surface area contributed by atoms with Crippen LogP contribution in [0.5, 0.6) is 0 Å². The minimum absolute atomic E-state index is 0.0886. The first kappa shape index (κ1) is 26.2. The van der Waals surface area contributed by atoms with Gasteiger partial charge in [0.25, 0.3) is 5.91 Å². The highest BCUT2D eigenvalue weighted by Gasteiger charge is 2.29. The lowest BCUT2D eigenvalue weighted by Gasteiger charge is -2.17. The van der Waals surface area contributed by atoms with Crippen molar-refractivity contribution in [1.82, 2.24) is 4.90 Å². The number of thioether (sulfide) groups is 1. The number of amides is 1. The van der Waals surface area contributed by atoms with Gasteiger partial charge in [0.1, 0.15) is 0 Å². The number of allylic oxidation sites excluding steroid dienone is 3. The fourth-order valence-corrected chi connectivity index (χ4v) is 6.35. The number of hydrogen-bond donors (Lipinski definition) is 0. The maximum absolute atomic E-state index is 12.1. The molecule has 0 aromatic heterocycles. The highest BCUT2D eigenvalue weighted by Crippen LogP contribution is 2.37. The van der Waals surface area contributed by atoms with Gasteiger partial charge >= 0.3 is 0 Å². The quantitative estimate of drug-likeness (QED) is 0.308. The lowest BCUT2D eigenvalue weighted by atomic mass is 10.0. The zero-order valence-electron chi connectivity index (χ0n) is 21.5. The summed E-state index contributed by atoms with van der Waals surface area (Å²) in [4.78, 5) is 16.7. The summed E-state index contributed by atoms with van der Waals surface area (Å²) in [6.07, 6.45) is 12.3. The molecular weight excluding hydrogens is 478 g/mol. The van der Waals surface area contributed by atoms with E-state index in [1.54, 1.807) is 4.90 Å². The van der Waals surface area contributed by atoms with E-state index in [-0.39, 0.29) is 16.4 Å². The summed E-state index contributed by atoms with van der Waals surface area (Å²) in [5, 5.41) is 2.75. The van der Waals surface area contributed by atoms with Crippen LogP contribution in [0.25, 0.3) is 16.5 Å². The zero-order valence-corrected chi connectivity index (χ0v) is 23.2. The standard InChI is InChI=1S/C18H18S.C14H17NOS/c1-13-12-18(19-15-8-4-3-5-9-15)14(2)17-11-7-6-10-16(13)17;1-11-12-7-4-5-8-13(12)14(16)15(11)9-6-10-17(2)3/h4,6-12H,3,5H2,1-2H3;4-5,7-8H,1-2,6,9-10H2,3H3. The Hall–Kier alpha value is -2.82. The molecule has 0 bridgehead atoms. The average molecular weight is 514 g/mol. The molecule has 36 heavy (non-hydrogen) atoms. The van der Waals surface area contributed by atoms with E-state index in [1.807, 2.05) is 36.0 Å². The normalized spacial score (nSPS) is 15.4. The van der Waals surface area contributed by atoms with E-state index in [2.05, 4.69) is 81.1 Å². The summed E-state index contributed by atoms with van der Waals surface area (Å²) >= 11 is 1.89. The SMILES string of the molecule is C=C1c2ccccc2C(=O)N1CCCS(=C)C.Cc1cc(SC2=CCCC=C2)c(C)c2ccccc12. The van der Waals surface area contributed by atoms with Gasteiger partial charge in [0, 0.05) is 33.2 Å². The van der Waals surface area contributed by atoms with Gasteiger partial charge in [0.2, 0.25) is 0 Å². The van der Waals surface area contributed by atoms with Crippen LogP contribution in [0.4, 0.5) is 0 Å². The Morgan fingerprint density at radius 1 is 1.00 bits per heavy atom. The average Bonchev–Trinajstić information content (AvgIpc) is 3.13. The van der Waals surface area contributed by atoms with E-state index in [4.69, 9.17) is 0 Å². The van der Waals surface area contributed by atoms with Crippen LogP contribution in [0.3, 0.4) is 0 Å². The summed E-state index contributed by atoms with van der Waals surface area (Å²) in [7, 11) is 0.194. The maximum atomic E-state index is 12.1. The van der Waals surface area contributed by atoms with Crippen molar-refractivity contribution in [2.75, 3.05) is 18.6 Å². The van der Waals surface area contributed by atoms with Gasteiger partial charge in [-0.2, -0.15) is 10.5 Å². The first-order valence-corrected chi connectivity index (χ1v) is 15.2. The lowest BCUT2D eigenvalue weighted by Crippen LogP contribution is -2.24. The van der Waals surface area contributed by atoms with Gasteiger partial charge in [-0.3, -0.25) is 4.79 Å². The van der Waals surface area contributed by atoms with Gasteiger partial charge < -0.3 is 4.90 Å². The van der Waals surface area contributed by atoms with Crippen molar-refractivity contribution in [3.63, 3.8) is 0 Å². The number of hydrogen-bond acceptors (Lipinski definition) is 2. The minimum Gasteiger partial charge on any atom is -0.308 e. The molecule has 1 atom stereocenters. The molecule has 2 nitrogen and oxygen atoms in total. The molecule has 1 aliphatic carbocycles. The maximum Gasteiger partial charge on any atom is 0.258 e. The number of nitrogens with zero attached hydrogens (tertiary/aromatic N) is 1. The van der Waals surface area contributed by atoms with Crippen LogP contribution in [0.1, 0.15) is 46.3 Å². The summed E-state index contributed by atoms with van der Waals surface area (Å²) < 4.78 is 0. The highest BCUT2D eigenvalue weighted by molar-refractivity contribution is 8.13. The molecule has 5 rings (SSSR count). The number of rotatable bonds is 6. The van der Waals surface area contributed by atoms with Crippen LogP contribution in [0.2, 0.25) is 0 Å². The van der Waals surface area contributed by atoms with Gasteiger partial charge in [-0.1, -0.05) is 84.9 Å². The molecule has 4 heteroatoms. The van der Waals surface area contributed by atoms with E-state index >= 15 is 0 Å². The van der Waals surface area contributed by atoms with Crippen molar-refractivity contribution >= 4 is 50.5 Å². The fourth-order valence-electron chi connectivity index (χ4n) is 4.61. The predicted octanol–water partition coefficient (Wildman–Crippen LogP) is 8.62. The van der Waals surface area contributed by atoms with Gasteiger partial charge in [-0.25, -0.2) is 0 Å². The Morgan fingerprint density at radius 2 is 1.69 bits per heavy atom. The molecule has 3 aromatic rings. The van der Waals surface area contributed by atoms with Gasteiger partial charge in [-0.15, -0.1) is 0 Å². The van der Waals surface area contributed by atoms with Crippen molar-refractivity contribution in [3.05, 3.63) is 107 Å².